The summed E-state index contributed by atoms with van der Waals surface area (Å²) in [5, 5.41) is 2.71. The molecule has 3 aromatic carbocycles. The molecule has 0 fully saturated rings. The van der Waals surface area contributed by atoms with Gasteiger partial charge in [-0.15, -0.1) is 0 Å². The molecule has 1 unspecified atom stereocenters. The summed E-state index contributed by atoms with van der Waals surface area (Å²) in [6, 6.07) is 13.3. The first-order chi connectivity index (χ1) is 13.9. The highest BCUT2D eigenvalue weighted by atomic mass is 19.2. The van der Waals surface area contributed by atoms with Crippen LogP contribution < -0.4 is 10.1 Å². The summed E-state index contributed by atoms with van der Waals surface area (Å²) >= 11 is 0. The lowest BCUT2D eigenvalue weighted by Crippen LogP contribution is -2.17. The molecule has 7 heteroatoms. The fraction of sp³-hybridized carbons (Fsp3) is 0.0909. The predicted molar refractivity (Wildman–Crippen MR) is 98.9 cm³/mol. The van der Waals surface area contributed by atoms with Gasteiger partial charge in [0.15, 0.2) is 23.3 Å². The number of benzene rings is 3. The number of hydrogen-bond acceptors (Lipinski definition) is 2. The molecule has 0 amide bonds. The van der Waals surface area contributed by atoms with Crippen LogP contribution in [0.2, 0.25) is 0 Å². The summed E-state index contributed by atoms with van der Waals surface area (Å²) in [5.41, 5.74) is -0.301. The molecular formula is C22H14F5NO. The van der Waals surface area contributed by atoms with E-state index in [1.54, 1.807) is 48.5 Å². The van der Waals surface area contributed by atoms with Gasteiger partial charge in [-0.05, 0) is 24.3 Å². The summed E-state index contributed by atoms with van der Waals surface area (Å²) in [5.74, 6) is -4.64. The van der Waals surface area contributed by atoms with Crippen LogP contribution in [0.3, 0.4) is 0 Å². The Labute approximate surface area is 163 Å². The van der Waals surface area contributed by atoms with Crippen molar-refractivity contribution < 1.29 is 26.7 Å². The van der Waals surface area contributed by atoms with Gasteiger partial charge in [-0.1, -0.05) is 42.2 Å². The van der Waals surface area contributed by atoms with E-state index in [2.05, 4.69) is 17.2 Å². The number of rotatable bonds is 4. The molecule has 0 saturated heterocycles. The van der Waals surface area contributed by atoms with Gasteiger partial charge in [-0.2, -0.15) is 0 Å². The third-order valence-corrected chi connectivity index (χ3v) is 4.07. The Morgan fingerprint density at radius 1 is 0.759 bits per heavy atom. The highest BCUT2D eigenvalue weighted by Crippen LogP contribution is 2.32. The summed E-state index contributed by atoms with van der Waals surface area (Å²) in [6.45, 7) is 0. The van der Waals surface area contributed by atoms with Crippen LogP contribution >= 0.6 is 0 Å². The molecule has 0 spiro atoms. The molecule has 1 N–H and O–H groups in total. The Bertz CT molecular complexity index is 1060. The first-order valence-corrected chi connectivity index (χ1v) is 8.41. The van der Waals surface area contributed by atoms with Crippen molar-refractivity contribution in [1.29, 1.82) is 0 Å². The van der Waals surface area contributed by atoms with Gasteiger partial charge >= 0.3 is 0 Å². The zero-order valence-electron chi connectivity index (χ0n) is 15.1. The van der Waals surface area contributed by atoms with Crippen LogP contribution in [-0.2, 0) is 0 Å². The van der Waals surface area contributed by atoms with Crippen molar-refractivity contribution in [2.75, 3.05) is 12.4 Å². The molecule has 0 heterocycles. The van der Waals surface area contributed by atoms with E-state index in [1.165, 1.54) is 13.2 Å². The third-order valence-electron chi connectivity index (χ3n) is 4.07. The van der Waals surface area contributed by atoms with Crippen molar-refractivity contribution in [1.82, 2.24) is 0 Å². The van der Waals surface area contributed by atoms with Crippen molar-refractivity contribution in [2.45, 2.75) is 6.04 Å². The molecule has 3 rings (SSSR count). The molecule has 0 aromatic heterocycles. The lowest BCUT2D eigenvalue weighted by atomic mass is 10.0. The lowest BCUT2D eigenvalue weighted by molar-refractivity contribution is 0.369. The number of para-hydroxylation sites is 2. The predicted octanol–water partition coefficient (Wildman–Crippen LogP) is 5.60. The maximum Gasteiger partial charge on any atom is 0.200 e. The Hall–Kier alpha value is -3.53. The van der Waals surface area contributed by atoms with E-state index in [-0.39, 0.29) is 5.69 Å². The standard InChI is InChI=1S/C22H14F5NO/c1-29-16-10-6-5-9-14(16)28-15(12-11-13-7-3-2-4-8-13)17-18(23)20(25)22(27)21(26)19(17)24/h2-10,15,28H,1H3. The van der Waals surface area contributed by atoms with Crippen LogP contribution in [-0.4, -0.2) is 7.11 Å². The van der Waals surface area contributed by atoms with Crippen molar-refractivity contribution in [3.05, 3.63) is 94.8 Å². The van der Waals surface area contributed by atoms with E-state index in [4.69, 9.17) is 4.74 Å². The average Bonchev–Trinajstić information content (AvgIpc) is 2.75. The molecule has 0 aliphatic rings. The molecule has 0 radical (unpaired) electrons. The highest BCUT2D eigenvalue weighted by Gasteiger charge is 2.30. The van der Waals surface area contributed by atoms with E-state index in [0.29, 0.717) is 11.3 Å². The van der Waals surface area contributed by atoms with Crippen LogP contribution in [0.4, 0.5) is 27.6 Å². The van der Waals surface area contributed by atoms with Gasteiger partial charge in [0.05, 0.1) is 18.4 Å². The second-order valence-corrected chi connectivity index (χ2v) is 5.90. The van der Waals surface area contributed by atoms with Crippen LogP contribution in [0, 0.1) is 40.9 Å². The topological polar surface area (TPSA) is 21.3 Å². The molecule has 3 aromatic rings. The maximum atomic E-state index is 14.4. The molecule has 0 aliphatic heterocycles. The van der Waals surface area contributed by atoms with E-state index >= 15 is 0 Å². The van der Waals surface area contributed by atoms with Gasteiger partial charge in [0.1, 0.15) is 11.8 Å². The summed E-state index contributed by atoms with van der Waals surface area (Å²) in [6.07, 6.45) is 0. The van der Waals surface area contributed by atoms with Gasteiger partial charge in [0, 0.05) is 5.56 Å². The van der Waals surface area contributed by atoms with Crippen LogP contribution in [0.1, 0.15) is 17.2 Å². The number of ether oxygens (including phenoxy) is 1. The van der Waals surface area contributed by atoms with Crippen molar-refractivity contribution in [3.8, 4) is 17.6 Å². The fourth-order valence-corrected chi connectivity index (χ4v) is 2.65. The van der Waals surface area contributed by atoms with E-state index < -0.39 is 40.7 Å². The average molecular weight is 403 g/mol. The Morgan fingerprint density at radius 2 is 1.31 bits per heavy atom. The SMILES string of the molecule is COc1ccccc1NC(C#Cc1ccccc1)c1c(F)c(F)c(F)c(F)c1F. The largest absolute Gasteiger partial charge is 0.495 e. The number of methoxy groups -OCH3 is 1. The van der Waals surface area contributed by atoms with Crippen molar-refractivity contribution in [2.24, 2.45) is 0 Å². The second kappa shape index (κ2) is 8.65. The Balaban J connectivity index is 2.15. The monoisotopic (exact) mass is 403 g/mol. The molecule has 29 heavy (non-hydrogen) atoms. The minimum atomic E-state index is -2.23. The van der Waals surface area contributed by atoms with Crippen LogP contribution in [0.25, 0.3) is 0 Å². The van der Waals surface area contributed by atoms with Crippen molar-refractivity contribution >= 4 is 5.69 Å². The number of nitrogens with one attached hydrogen (secondary N) is 1. The third kappa shape index (κ3) is 4.16. The summed E-state index contributed by atoms with van der Waals surface area (Å²) in [4.78, 5) is 0. The van der Waals surface area contributed by atoms with E-state index in [9.17, 15) is 22.0 Å². The second-order valence-electron chi connectivity index (χ2n) is 5.90. The number of hydrogen-bond donors (Lipinski definition) is 1. The Kier molecular flexibility index (Phi) is 6.03. The van der Waals surface area contributed by atoms with E-state index in [0.717, 1.165) is 0 Å². The number of halogens is 5. The molecule has 2 nitrogen and oxygen atoms in total. The summed E-state index contributed by atoms with van der Waals surface area (Å²) in [7, 11) is 1.38. The lowest BCUT2D eigenvalue weighted by Gasteiger charge is -2.19. The first-order valence-electron chi connectivity index (χ1n) is 8.41. The zero-order chi connectivity index (χ0) is 21.0. The smallest absolute Gasteiger partial charge is 0.200 e. The zero-order valence-corrected chi connectivity index (χ0v) is 15.1. The molecular weight excluding hydrogens is 389 g/mol. The molecule has 148 valence electrons. The summed E-state index contributed by atoms with van der Waals surface area (Å²) < 4.78 is 74.9. The van der Waals surface area contributed by atoms with Gasteiger partial charge in [0.25, 0.3) is 0 Å². The minimum absolute atomic E-state index is 0.270. The first kappa shape index (κ1) is 20.2. The highest BCUT2D eigenvalue weighted by molar-refractivity contribution is 5.59. The minimum Gasteiger partial charge on any atom is -0.495 e. The maximum absolute atomic E-state index is 14.4. The van der Waals surface area contributed by atoms with E-state index in [1.807, 2.05) is 0 Å². The molecule has 0 bridgehead atoms. The van der Waals surface area contributed by atoms with Crippen molar-refractivity contribution in [3.63, 3.8) is 0 Å². The van der Waals surface area contributed by atoms with Crippen LogP contribution in [0.15, 0.2) is 54.6 Å². The molecule has 1 atom stereocenters. The molecule has 0 saturated carbocycles. The Morgan fingerprint density at radius 3 is 1.93 bits per heavy atom. The van der Waals surface area contributed by atoms with Gasteiger partial charge < -0.3 is 10.1 Å². The fourth-order valence-electron chi connectivity index (χ4n) is 2.65. The number of anilines is 1. The van der Waals surface area contributed by atoms with Gasteiger partial charge in [0.2, 0.25) is 5.82 Å². The van der Waals surface area contributed by atoms with Gasteiger partial charge in [-0.25, -0.2) is 22.0 Å². The van der Waals surface area contributed by atoms with Gasteiger partial charge in [-0.3, -0.25) is 0 Å². The normalized spacial score (nSPS) is 11.4. The van der Waals surface area contributed by atoms with Crippen LogP contribution in [0.5, 0.6) is 5.75 Å². The quantitative estimate of drug-likeness (QED) is 0.265. The molecule has 0 aliphatic carbocycles.